The number of nitrogens with zero attached hydrogens (tertiary/aromatic N) is 1. The SMILES string of the molecule is Cc1ccc(Cn2c3c(c4cc(F)cc([SH](=O)=O)c42)CC[C@@H]3CC(=O)O)cc1. The molecule has 0 amide bonds. The fourth-order valence-electron chi connectivity index (χ4n) is 4.29. The van der Waals surface area contributed by atoms with Crippen LogP contribution in [0.25, 0.3) is 10.9 Å². The van der Waals surface area contributed by atoms with Crippen molar-refractivity contribution in [2.24, 2.45) is 0 Å². The number of carbonyl (C=O) groups is 1. The van der Waals surface area contributed by atoms with Crippen LogP contribution in [0.15, 0.2) is 41.3 Å². The lowest BCUT2D eigenvalue weighted by Crippen LogP contribution is -2.11. The van der Waals surface area contributed by atoms with Crippen LogP contribution in [-0.4, -0.2) is 24.1 Å². The number of hydrogen-bond donors (Lipinski definition) is 2. The monoisotopic (exact) mass is 401 g/mol. The van der Waals surface area contributed by atoms with Crippen molar-refractivity contribution in [2.75, 3.05) is 0 Å². The fourth-order valence-corrected chi connectivity index (χ4v) is 4.94. The Labute approximate surface area is 163 Å². The lowest BCUT2D eigenvalue weighted by atomic mass is 10.0. The topological polar surface area (TPSA) is 76.4 Å². The van der Waals surface area contributed by atoms with E-state index in [0.717, 1.165) is 28.5 Å². The van der Waals surface area contributed by atoms with Crippen LogP contribution in [0.3, 0.4) is 0 Å². The van der Waals surface area contributed by atoms with E-state index in [2.05, 4.69) is 0 Å². The molecule has 0 saturated carbocycles. The second-order valence-electron chi connectivity index (χ2n) is 7.35. The molecule has 0 fully saturated rings. The van der Waals surface area contributed by atoms with Gasteiger partial charge in [-0.1, -0.05) is 29.8 Å². The van der Waals surface area contributed by atoms with Crippen LogP contribution in [0.1, 0.15) is 41.1 Å². The summed E-state index contributed by atoms with van der Waals surface area (Å²) < 4.78 is 39.8. The second kappa shape index (κ2) is 7.05. The Morgan fingerprint density at radius 1 is 1.25 bits per heavy atom. The Bertz CT molecular complexity index is 1150. The number of rotatable bonds is 5. The van der Waals surface area contributed by atoms with Gasteiger partial charge in [-0.2, -0.15) is 0 Å². The summed E-state index contributed by atoms with van der Waals surface area (Å²) in [7, 11) is -3.00. The van der Waals surface area contributed by atoms with Gasteiger partial charge in [0.05, 0.1) is 16.8 Å². The summed E-state index contributed by atoms with van der Waals surface area (Å²) >= 11 is 0. The van der Waals surface area contributed by atoms with E-state index in [1.165, 1.54) is 6.07 Å². The molecule has 1 heterocycles. The van der Waals surface area contributed by atoms with Gasteiger partial charge in [0.1, 0.15) is 5.82 Å². The molecule has 0 saturated heterocycles. The molecule has 1 aromatic heterocycles. The minimum atomic E-state index is -3.00. The van der Waals surface area contributed by atoms with Gasteiger partial charge >= 0.3 is 5.97 Å². The van der Waals surface area contributed by atoms with Crippen LogP contribution in [0.2, 0.25) is 0 Å². The van der Waals surface area contributed by atoms with Gasteiger partial charge in [-0.05, 0) is 43.0 Å². The zero-order valence-corrected chi connectivity index (χ0v) is 16.2. The smallest absolute Gasteiger partial charge is 0.304 e. The van der Waals surface area contributed by atoms with Crippen molar-refractivity contribution in [2.45, 2.75) is 43.5 Å². The summed E-state index contributed by atoms with van der Waals surface area (Å²) in [4.78, 5) is 11.3. The van der Waals surface area contributed by atoms with Gasteiger partial charge in [-0.25, -0.2) is 12.8 Å². The van der Waals surface area contributed by atoms with E-state index >= 15 is 0 Å². The molecule has 0 unspecified atom stereocenters. The molecular weight excluding hydrogens is 381 g/mol. The van der Waals surface area contributed by atoms with Gasteiger partial charge < -0.3 is 9.67 Å². The quantitative estimate of drug-likeness (QED) is 0.641. The molecule has 5 nitrogen and oxygen atoms in total. The highest BCUT2D eigenvalue weighted by Crippen LogP contribution is 2.43. The van der Waals surface area contributed by atoms with Gasteiger partial charge in [0, 0.05) is 23.5 Å². The molecule has 7 heteroatoms. The van der Waals surface area contributed by atoms with Crippen LogP contribution < -0.4 is 0 Å². The standard InChI is InChI=1S/C21H20FNO4S/c1-12-2-4-13(5-3-12)11-23-20-14(8-19(24)25)6-7-16(20)17-9-15(22)10-18(21(17)23)28(26)27/h2-5,9-10,14,28H,6-8,11H2,1H3,(H,24,25)/t14-/m1/s1. The molecule has 1 aliphatic rings. The molecule has 2 aromatic carbocycles. The molecule has 0 bridgehead atoms. The maximum absolute atomic E-state index is 14.1. The van der Waals surface area contributed by atoms with Crippen molar-refractivity contribution in [1.29, 1.82) is 0 Å². The molecular formula is C21H20FNO4S. The highest BCUT2D eigenvalue weighted by atomic mass is 32.2. The Morgan fingerprint density at radius 3 is 2.61 bits per heavy atom. The number of thiol groups is 1. The molecule has 28 heavy (non-hydrogen) atoms. The van der Waals surface area contributed by atoms with E-state index in [0.29, 0.717) is 30.3 Å². The van der Waals surface area contributed by atoms with E-state index in [1.54, 1.807) is 0 Å². The van der Waals surface area contributed by atoms with Gasteiger partial charge in [-0.3, -0.25) is 4.79 Å². The van der Waals surface area contributed by atoms with Crippen LogP contribution in [0.5, 0.6) is 0 Å². The zero-order chi connectivity index (χ0) is 20.0. The first-order valence-electron chi connectivity index (χ1n) is 9.11. The summed E-state index contributed by atoms with van der Waals surface area (Å²) in [5.74, 6) is -1.71. The predicted octanol–water partition coefficient (Wildman–Crippen LogP) is 3.61. The molecule has 0 spiro atoms. The third kappa shape index (κ3) is 3.20. The minimum absolute atomic E-state index is 0.0292. The third-order valence-electron chi connectivity index (χ3n) is 5.46. The number of aliphatic carboxylic acids is 1. The van der Waals surface area contributed by atoms with Gasteiger partial charge in [0.2, 0.25) is 0 Å². The maximum Gasteiger partial charge on any atom is 0.304 e. The highest BCUT2D eigenvalue weighted by Gasteiger charge is 2.32. The number of carboxylic acid groups (broad SMARTS) is 1. The van der Waals surface area contributed by atoms with Crippen LogP contribution in [0.4, 0.5) is 4.39 Å². The first kappa shape index (κ1) is 18.7. The molecule has 0 radical (unpaired) electrons. The molecule has 3 aromatic rings. The van der Waals surface area contributed by atoms with E-state index in [1.807, 2.05) is 35.8 Å². The Kier molecular flexibility index (Phi) is 4.71. The predicted molar refractivity (Wildman–Crippen MR) is 104 cm³/mol. The number of hydrogen-bond acceptors (Lipinski definition) is 3. The summed E-state index contributed by atoms with van der Waals surface area (Å²) in [5, 5.41) is 9.88. The first-order chi connectivity index (χ1) is 13.3. The summed E-state index contributed by atoms with van der Waals surface area (Å²) in [6.45, 7) is 2.39. The molecule has 146 valence electrons. The third-order valence-corrected chi connectivity index (χ3v) is 6.19. The van der Waals surface area contributed by atoms with Crippen molar-refractivity contribution in [3.05, 3.63) is 64.6 Å². The van der Waals surface area contributed by atoms with Gasteiger partial charge in [0.25, 0.3) is 0 Å². The lowest BCUT2D eigenvalue weighted by Gasteiger charge is -2.16. The number of aryl methyl sites for hydroxylation is 2. The van der Waals surface area contributed by atoms with E-state index < -0.39 is 22.5 Å². The average Bonchev–Trinajstić information content (AvgIpc) is 3.16. The van der Waals surface area contributed by atoms with Crippen molar-refractivity contribution in [3.63, 3.8) is 0 Å². The van der Waals surface area contributed by atoms with E-state index in [4.69, 9.17) is 0 Å². The van der Waals surface area contributed by atoms with Crippen LogP contribution >= 0.6 is 0 Å². The number of halogens is 1. The number of benzene rings is 2. The Balaban J connectivity index is 1.99. The number of aromatic nitrogens is 1. The van der Waals surface area contributed by atoms with Crippen molar-refractivity contribution in [3.8, 4) is 0 Å². The van der Waals surface area contributed by atoms with Gasteiger partial charge in [0.15, 0.2) is 10.7 Å². The lowest BCUT2D eigenvalue weighted by molar-refractivity contribution is -0.137. The maximum atomic E-state index is 14.1. The minimum Gasteiger partial charge on any atom is -0.481 e. The van der Waals surface area contributed by atoms with Crippen molar-refractivity contribution in [1.82, 2.24) is 4.57 Å². The van der Waals surface area contributed by atoms with E-state index in [9.17, 15) is 22.7 Å². The normalized spacial score (nSPS) is 16.0. The first-order valence-corrected chi connectivity index (χ1v) is 10.3. The fraction of sp³-hybridized carbons (Fsp3) is 0.286. The number of carboxylic acids is 1. The summed E-state index contributed by atoms with van der Waals surface area (Å²) in [5.41, 5.74) is 4.24. The zero-order valence-electron chi connectivity index (χ0n) is 15.3. The van der Waals surface area contributed by atoms with Crippen molar-refractivity contribution >= 4 is 27.6 Å². The molecule has 1 atom stereocenters. The second-order valence-corrected chi connectivity index (χ2v) is 8.34. The largest absolute Gasteiger partial charge is 0.481 e. The van der Waals surface area contributed by atoms with Crippen molar-refractivity contribution < 1.29 is 22.7 Å². The average molecular weight is 401 g/mol. The Morgan fingerprint density at radius 2 is 1.96 bits per heavy atom. The van der Waals surface area contributed by atoms with Crippen LogP contribution in [0, 0.1) is 12.7 Å². The summed E-state index contributed by atoms with van der Waals surface area (Å²) in [6, 6.07) is 10.3. The van der Waals surface area contributed by atoms with E-state index in [-0.39, 0.29) is 17.2 Å². The van der Waals surface area contributed by atoms with Crippen LogP contribution in [-0.2, 0) is 28.5 Å². The highest BCUT2D eigenvalue weighted by molar-refractivity contribution is 7.72. The molecule has 0 aliphatic heterocycles. The summed E-state index contributed by atoms with van der Waals surface area (Å²) in [6.07, 6.45) is 1.25. The molecule has 1 N–H and O–H groups in total. The molecule has 1 aliphatic carbocycles. The molecule has 4 rings (SSSR count). The number of fused-ring (bicyclic) bond motifs is 3. The Hall–Kier alpha value is -2.67. The van der Waals surface area contributed by atoms with Gasteiger partial charge in [-0.15, -0.1) is 0 Å².